The van der Waals surface area contributed by atoms with Gasteiger partial charge in [-0.1, -0.05) is 0 Å². The van der Waals surface area contributed by atoms with E-state index in [-0.39, 0.29) is 17.7 Å². The number of carbonyl (C=O) groups is 3. The molecule has 2 fully saturated rings. The first kappa shape index (κ1) is 24.4. The maximum absolute atomic E-state index is 12.9. The Morgan fingerprint density at radius 1 is 1.09 bits per heavy atom. The average Bonchev–Trinajstić information content (AvgIpc) is 3.50. The molecule has 1 aromatic heterocycles. The molecule has 4 rings (SSSR count). The topological polar surface area (TPSA) is 94.0 Å². The van der Waals surface area contributed by atoms with E-state index in [2.05, 4.69) is 24.0 Å². The van der Waals surface area contributed by atoms with Crippen molar-refractivity contribution in [3.05, 3.63) is 9.88 Å². The summed E-state index contributed by atoms with van der Waals surface area (Å²) in [4.78, 5) is 46.0. The molecular weight excluding hydrogens is 449 g/mol. The van der Waals surface area contributed by atoms with Crippen molar-refractivity contribution in [3.8, 4) is 0 Å². The van der Waals surface area contributed by atoms with Crippen molar-refractivity contribution in [1.29, 1.82) is 0 Å². The number of thiazole rings is 1. The van der Waals surface area contributed by atoms with Crippen LogP contribution in [0.25, 0.3) is 0 Å². The molecule has 3 aliphatic rings. The highest BCUT2D eigenvalue weighted by Gasteiger charge is 2.39. The summed E-state index contributed by atoms with van der Waals surface area (Å²) in [6.07, 6.45) is 0.835. The number of hydrogen-bond acceptors (Lipinski definition) is 6. The van der Waals surface area contributed by atoms with Crippen LogP contribution in [0.15, 0.2) is 0 Å². The molecule has 2 aliphatic heterocycles. The van der Waals surface area contributed by atoms with Gasteiger partial charge in [-0.25, -0.2) is 9.78 Å². The molecule has 1 saturated heterocycles. The predicted molar refractivity (Wildman–Crippen MR) is 112 cm³/mol. The van der Waals surface area contributed by atoms with E-state index in [1.807, 2.05) is 9.80 Å². The Morgan fingerprint density at radius 3 is 2.19 bits per heavy atom. The molecule has 1 aromatic rings. The molecule has 0 spiro atoms. The first-order valence-corrected chi connectivity index (χ1v) is 11.4. The Hall–Kier alpha value is -2.21. The largest absolute Gasteiger partial charge is 0.490 e. The van der Waals surface area contributed by atoms with Gasteiger partial charge in [0.2, 0.25) is 5.91 Å². The number of fused-ring (bicyclic) bond motifs is 1. The van der Waals surface area contributed by atoms with Gasteiger partial charge in [-0.05, 0) is 52.6 Å². The van der Waals surface area contributed by atoms with E-state index in [1.165, 1.54) is 11.3 Å². The van der Waals surface area contributed by atoms with Crippen LogP contribution in [0.4, 0.5) is 19.0 Å². The number of likely N-dealkylation sites (tertiary alicyclic amines) is 1. The smallest absolute Gasteiger partial charge is 0.475 e. The third kappa shape index (κ3) is 5.77. The summed E-state index contributed by atoms with van der Waals surface area (Å²) in [5, 5.41) is 7.68. The molecule has 0 radical (unpaired) electrons. The van der Waals surface area contributed by atoms with Crippen molar-refractivity contribution in [2.24, 2.45) is 5.92 Å². The van der Waals surface area contributed by atoms with Crippen molar-refractivity contribution in [1.82, 2.24) is 14.8 Å². The van der Waals surface area contributed by atoms with E-state index < -0.39 is 12.1 Å². The minimum absolute atomic E-state index is 0.0374. The lowest BCUT2D eigenvalue weighted by Gasteiger charge is -2.34. The van der Waals surface area contributed by atoms with Gasteiger partial charge in [0.15, 0.2) is 5.01 Å². The molecule has 0 bridgehead atoms. The molecule has 32 heavy (non-hydrogen) atoms. The Bertz CT molecular complexity index is 862. The quantitative estimate of drug-likeness (QED) is 0.721. The van der Waals surface area contributed by atoms with Gasteiger partial charge in [0, 0.05) is 36.5 Å². The lowest BCUT2D eigenvalue weighted by atomic mass is 10.0. The van der Waals surface area contributed by atoms with Gasteiger partial charge in [-0.15, -0.1) is 11.3 Å². The number of rotatable bonds is 3. The number of carboxylic acids is 1. The Labute approximate surface area is 188 Å². The lowest BCUT2D eigenvalue weighted by Crippen LogP contribution is -2.44. The lowest BCUT2D eigenvalue weighted by molar-refractivity contribution is -0.192. The number of alkyl halides is 3. The molecule has 1 aliphatic carbocycles. The third-order valence-corrected chi connectivity index (χ3v) is 6.91. The van der Waals surface area contributed by atoms with Gasteiger partial charge in [0.25, 0.3) is 5.91 Å². The van der Waals surface area contributed by atoms with Gasteiger partial charge >= 0.3 is 12.1 Å². The number of carboxylic acid groups (broad SMARTS) is 1. The van der Waals surface area contributed by atoms with Crippen molar-refractivity contribution in [2.75, 3.05) is 38.6 Å². The SMILES string of the molecule is CN(C)C1CCN(C(=O)c2nc3c(s2)CCCN3C(=O)C2CC2)CC1.O=C(O)C(F)(F)F. The number of nitrogens with zero attached hydrogens (tertiary/aromatic N) is 4. The molecular formula is C20H27F3N4O4S. The molecule has 1 saturated carbocycles. The molecule has 3 heterocycles. The molecule has 8 nitrogen and oxygen atoms in total. The second-order valence-electron chi connectivity index (χ2n) is 8.42. The standard InChI is InChI=1S/C18H26N4O2S.C2HF3O2/c1-20(2)13-7-10-21(11-8-13)18(24)16-19-15-14(25-16)4-3-9-22(15)17(23)12-5-6-12;3-2(4,5)1(6)7/h12-13H,3-11H2,1-2H3;(H,6,7). The number of aromatic nitrogens is 1. The highest BCUT2D eigenvalue weighted by molar-refractivity contribution is 7.14. The summed E-state index contributed by atoms with van der Waals surface area (Å²) in [6.45, 7) is 2.32. The second-order valence-corrected chi connectivity index (χ2v) is 9.51. The normalized spacial score (nSPS) is 19.3. The fraction of sp³-hybridized carbons (Fsp3) is 0.700. The van der Waals surface area contributed by atoms with Crippen LogP contribution in [0.1, 0.15) is 46.8 Å². The Balaban J connectivity index is 0.000000360. The number of carbonyl (C=O) groups excluding carboxylic acids is 2. The summed E-state index contributed by atoms with van der Waals surface area (Å²) in [5.74, 6) is -1.56. The van der Waals surface area contributed by atoms with Crippen LogP contribution in [-0.4, -0.2) is 83.6 Å². The third-order valence-electron chi connectivity index (χ3n) is 5.82. The van der Waals surface area contributed by atoms with Crippen LogP contribution >= 0.6 is 11.3 Å². The van der Waals surface area contributed by atoms with E-state index in [0.717, 1.165) is 68.9 Å². The fourth-order valence-electron chi connectivity index (χ4n) is 3.80. The minimum Gasteiger partial charge on any atom is -0.475 e. The molecule has 1 N–H and O–H groups in total. The predicted octanol–water partition coefficient (Wildman–Crippen LogP) is 2.63. The molecule has 0 aromatic carbocycles. The van der Waals surface area contributed by atoms with Crippen LogP contribution in [0, 0.1) is 5.92 Å². The van der Waals surface area contributed by atoms with Crippen LogP contribution in [-0.2, 0) is 16.0 Å². The molecule has 178 valence electrons. The van der Waals surface area contributed by atoms with E-state index in [9.17, 15) is 22.8 Å². The summed E-state index contributed by atoms with van der Waals surface area (Å²) >= 11 is 1.49. The molecule has 2 amide bonds. The van der Waals surface area contributed by atoms with Crippen LogP contribution < -0.4 is 4.90 Å². The maximum atomic E-state index is 12.9. The summed E-state index contributed by atoms with van der Waals surface area (Å²) in [6, 6.07) is 0.556. The minimum atomic E-state index is -5.08. The number of amides is 2. The van der Waals surface area contributed by atoms with E-state index in [0.29, 0.717) is 11.0 Å². The zero-order chi connectivity index (χ0) is 23.6. The monoisotopic (exact) mass is 476 g/mol. The Morgan fingerprint density at radius 2 is 1.69 bits per heavy atom. The second kappa shape index (κ2) is 9.74. The first-order valence-electron chi connectivity index (χ1n) is 10.6. The Kier molecular flexibility index (Phi) is 7.43. The molecule has 0 atom stereocenters. The average molecular weight is 477 g/mol. The number of hydrogen-bond donors (Lipinski definition) is 1. The van der Waals surface area contributed by atoms with Gasteiger partial charge < -0.3 is 14.9 Å². The number of aryl methyl sites for hydroxylation is 1. The molecule has 0 unspecified atom stereocenters. The van der Waals surface area contributed by atoms with Crippen LogP contribution in [0.3, 0.4) is 0 Å². The van der Waals surface area contributed by atoms with Gasteiger partial charge in [-0.2, -0.15) is 13.2 Å². The zero-order valence-corrected chi connectivity index (χ0v) is 18.8. The van der Waals surface area contributed by atoms with Crippen molar-refractivity contribution >= 4 is 34.9 Å². The first-order chi connectivity index (χ1) is 15.0. The van der Waals surface area contributed by atoms with Gasteiger partial charge in [-0.3, -0.25) is 14.5 Å². The zero-order valence-electron chi connectivity index (χ0n) is 18.0. The van der Waals surface area contributed by atoms with Crippen LogP contribution in [0.2, 0.25) is 0 Å². The number of piperidine rings is 1. The summed E-state index contributed by atoms with van der Waals surface area (Å²) < 4.78 is 31.7. The van der Waals surface area contributed by atoms with Crippen molar-refractivity contribution in [2.45, 2.75) is 50.7 Å². The van der Waals surface area contributed by atoms with Crippen molar-refractivity contribution in [3.63, 3.8) is 0 Å². The summed E-state index contributed by atoms with van der Waals surface area (Å²) in [7, 11) is 4.20. The maximum Gasteiger partial charge on any atom is 0.490 e. The highest BCUT2D eigenvalue weighted by atomic mass is 32.1. The number of aliphatic carboxylic acids is 1. The van der Waals surface area contributed by atoms with E-state index in [1.54, 1.807) is 0 Å². The van der Waals surface area contributed by atoms with Crippen molar-refractivity contribution < 1.29 is 32.7 Å². The van der Waals surface area contributed by atoms with Gasteiger partial charge in [0.1, 0.15) is 5.82 Å². The van der Waals surface area contributed by atoms with E-state index in [4.69, 9.17) is 9.90 Å². The van der Waals surface area contributed by atoms with Gasteiger partial charge in [0.05, 0.1) is 0 Å². The summed E-state index contributed by atoms with van der Waals surface area (Å²) in [5.41, 5.74) is 0. The number of anilines is 1. The molecule has 12 heteroatoms. The van der Waals surface area contributed by atoms with Crippen LogP contribution in [0.5, 0.6) is 0 Å². The fourth-order valence-corrected chi connectivity index (χ4v) is 4.87. The highest BCUT2D eigenvalue weighted by Crippen LogP contribution is 2.37. The van der Waals surface area contributed by atoms with E-state index >= 15 is 0 Å². The number of halogens is 3.